The molecule has 0 bridgehead atoms. The van der Waals surface area contributed by atoms with Crippen LogP contribution >= 0.6 is 0 Å². The minimum Gasteiger partial charge on any atom is -0.379 e. The molecule has 1 saturated heterocycles. The van der Waals surface area contributed by atoms with Gasteiger partial charge in [0, 0.05) is 32.0 Å². The van der Waals surface area contributed by atoms with E-state index in [0.717, 1.165) is 24.2 Å². The lowest BCUT2D eigenvalue weighted by Crippen LogP contribution is -2.47. The number of pyridine rings is 1. The molecule has 2 aromatic rings. The van der Waals surface area contributed by atoms with Crippen LogP contribution in [-0.2, 0) is 14.9 Å². The van der Waals surface area contributed by atoms with Crippen LogP contribution in [0.15, 0.2) is 48.8 Å². The van der Waals surface area contributed by atoms with Crippen molar-refractivity contribution in [3.8, 4) is 0 Å². The van der Waals surface area contributed by atoms with E-state index in [4.69, 9.17) is 4.74 Å². The molecule has 144 valence electrons. The molecule has 1 fully saturated rings. The lowest BCUT2D eigenvalue weighted by atomic mass is 9.83. The fraction of sp³-hybridized carbons (Fsp3) is 0.429. The number of rotatable bonds is 6. The molecule has 0 aliphatic carbocycles. The van der Waals surface area contributed by atoms with Gasteiger partial charge >= 0.3 is 0 Å². The number of hydrogen-bond acceptors (Lipinski definition) is 4. The van der Waals surface area contributed by atoms with Crippen molar-refractivity contribution >= 4 is 5.91 Å². The molecule has 6 heteroatoms. The van der Waals surface area contributed by atoms with Gasteiger partial charge in [0.1, 0.15) is 5.82 Å². The third-order valence-electron chi connectivity index (χ3n) is 5.15. The Morgan fingerprint density at radius 2 is 1.96 bits per heavy atom. The summed E-state index contributed by atoms with van der Waals surface area (Å²) in [5.74, 6) is -0.393. The summed E-state index contributed by atoms with van der Waals surface area (Å²) in [5.41, 5.74) is 1.10. The van der Waals surface area contributed by atoms with Gasteiger partial charge in [0.05, 0.1) is 24.7 Å². The number of carbonyl (C=O) groups is 1. The lowest BCUT2D eigenvalue weighted by Gasteiger charge is -2.35. The first kappa shape index (κ1) is 19.5. The molecule has 0 radical (unpaired) electrons. The van der Waals surface area contributed by atoms with E-state index in [1.54, 1.807) is 18.3 Å². The summed E-state index contributed by atoms with van der Waals surface area (Å²) >= 11 is 0. The highest BCUT2D eigenvalue weighted by Crippen LogP contribution is 2.25. The van der Waals surface area contributed by atoms with Crippen LogP contribution < -0.4 is 5.32 Å². The quantitative estimate of drug-likeness (QED) is 0.848. The molecule has 1 amide bonds. The summed E-state index contributed by atoms with van der Waals surface area (Å²) in [6, 6.07) is 10.1. The standard InChI is InChI=1S/C21H26FN3O2/c1-21(2,17-5-7-18(22)8-6-17)20(26)24-15-19(16-4-3-9-23-14-16)25-10-12-27-13-11-25/h3-9,14,19H,10-13,15H2,1-2H3,(H,24,26)/t19-/m0/s1. The van der Waals surface area contributed by atoms with Gasteiger partial charge in [-0.15, -0.1) is 0 Å². The third-order valence-corrected chi connectivity index (χ3v) is 5.15. The van der Waals surface area contributed by atoms with Crippen LogP contribution in [0.25, 0.3) is 0 Å². The zero-order valence-electron chi connectivity index (χ0n) is 15.8. The second-order valence-corrected chi connectivity index (χ2v) is 7.29. The van der Waals surface area contributed by atoms with E-state index < -0.39 is 5.41 Å². The Morgan fingerprint density at radius 3 is 2.59 bits per heavy atom. The number of nitrogens with one attached hydrogen (secondary N) is 1. The largest absolute Gasteiger partial charge is 0.379 e. The molecule has 0 spiro atoms. The number of hydrogen-bond donors (Lipinski definition) is 1. The van der Waals surface area contributed by atoms with Gasteiger partial charge in [-0.3, -0.25) is 14.7 Å². The van der Waals surface area contributed by atoms with Gasteiger partial charge in [-0.2, -0.15) is 0 Å². The van der Waals surface area contributed by atoms with Crippen LogP contribution in [0.5, 0.6) is 0 Å². The van der Waals surface area contributed by atoms with Crippen LogP contribution in [-0.4, -0.2) is 48.6 Å². The predicted molar refractivity (Wildman–Crippen MR) is 102 cm³/mol. The SMILES string of the molecule is CC(C)(C(=O)NC[C@@H](c1cccnc1)N1CCOCC1)c1ccc(F)cc1. The molecule has 0 saturated carbocycles. The Morgan fingerprint density at radius 1 is 1.26 bits per heavy atom. The highest BCUT2D eigenvalue weighted by molar-refractivity contribution is 5.87. The Bertz CT molecular complexity index is 744. The molecular weight excluding hydrogens is 345 g/mol. The number of ether oxygens (including phenoxy) is 1. The topological polar surface area (TPSA) is 54.5 Å². The maximum Gasteiger partial charge on any atom is 0.230 e. The number of halogens is 1. The first-order valence-electron chi connectivity index (χ1n) is 9.24. The normalized spacial score (nSPS) is 16.7. The molecule has 1 aromatic carbocycles. The van der Waals surface area contributed by atoms with Crippen LogP contribution in [0.4, 0.5) is 4.39 Å². The van der Waals surface area contributed by atoms with Crippen molar-refractivity contribution in [3.63, 3.8) is 0 Å². The molecule has 1 aliphatic rings. The maximum absolute atomic E-state index is 13.2. The molecule has 27 heavy (non-hydrogen) atoms. The van der Waals surface area contributed by atoms with Crippen molar-refractivity contribution in [1.82, 2.24) is 15.2 Å². The predicted octanol–water partition coefficient (Wildman–Crippen LogP) is 2.69. The molecular formula is C21H26FN3O2. The monoisotopic (exact) mass is 371 g/mol. The van der Waals surface area contributed by atoms with E-state index in [1.165, 1.54) is 12.1 Å². The first-order valence-corrected chi connectivity index (χ1v) is 9.24. The van der Waals surface area contributed by atoms with E-state index in [2.05, 4.69) is 15.2 Å². The summed E-state index contributed by atoms with van der Waals surface area (Å²) in [7, 11) is 0. The second-order valence-electron chi connectivity index (χ2n) is 7.29. The van der Waals surface area contributed by atoms with Crippen LogP contribution in [0.1, 0.15) is 31.0 Å². The zero-order valence-corrected chi connectivity index (χ0v) is 15.8. The lowest BCUT2D eigenvalue weighted by molar-refractivity contribution is -0.126. The molecule has 5 nitrogen and oxygen atoms in total. The van der Waals surface area contributed by atoms with Crippen LogP contribution in [0, 0.1) is 5.82 Å². The first-order chi connectivity index (χ1) is 13.0. The van der Waals surface area contributed by atoms with Crippen LogP contribution in [0.2, 0.25) is 0 Å². The average molecular weight is 371 g/mol. The number of morpholine rings is 1. The van der Waals surface area contributed by atoms with E-state index in [9.17, 15) is 9.18 Å². The van der Waals surface area contributed by atoms with Crippen molar-refractivity contribution < 1.29 is 13.9 Å². The van der Waals surface area contributed by atoms with Gasteiger partial charge < -0.3 is 10.1 Å². The van der Waals surface area contributed by atoms with Crippen molar-refractivity contribution in [1.29, 1.82) is 0 Å². The highest BCUT2D eigenvalue weighted by Gasteiger charge is 2.31. The van der Waals surface area contributed by atoms with Gasteiger partial charge in [0.2, 0.25) is 5.91 Å². The molecule has 2 heterocycles. The van der Waals surface area contributed by atoms with E-state index in [0.29, 0.717) is 19.8 Å². The number of aromatic nitrogens is 1. The zero-order chi connectivity index (χ0) is 19.3. The smallest absolute Gasteiger partial charge is 0.230 e. The molecule has 1 atom stereocenters. The fourth-order valence-corrected chi connectivity index (χ4v) is 3.33. The Kier molecular flexibility index (Phi) is 6.19. The summed E-state index contributed by atoms with van der Waals surface area (Å²) < 4.78 is 18.7. The summed E-state index contributed by atoms with van der Waals surface area (Å²) in [6.07, 6.45) is 3.59. The van der Waals surface area contributed by atoms with Crippen LogP contribution in [0.3, 0.4) is 0 Å². The Balaban J connectivity index is 1.72. The third kappa shape index (κ3) is 4.70. The molecule has 1 aromatic heterocycles. The molecule has 0 unspecified atom stereocenters. The summed E-state index contributed by atoms with van der Waals surface area (Å²) in [6.45, 7) is 7.19. The number of amides is 1. The minimum absolute atomic E-state index is 0.0376. The van der Waals surface area contributed by atoms with E-state index in [-0.39, 0.29) is 17.8 Å². The van der Waals surface area contributed by atoms with Gasteiger partial charge in [-0.05, 0) is 43.2 Å². The van der Waals surface area contributed by atoms with Crippen molar-refractivity contribution in [2.45, 2.75) is 25.3 Å². The Hall–Kier alpha value is -2.31. The second kappa shape index (κ2) is 8.59. The summed E-state index contributed by atoms with van der Waals surface area (Å²) in [5, 5.41) is 3.09. The van der Waals surface area contributed by atoms with Crippen molar-refractivity contribution in [2.24, 2.45) is 0 Å². The fourth-order valence-electron chi connectivity index (χ4n) is 3.33. The summed E-state index contributed by atoms with van der Waals surface area (Å²) in [4.78, 5) is 19.4. The highest BCUT2D eigenvalue weighted by atomic mass is 19.1. The molecule has 1 aliphatic heterocycles. The van der Waals surface area contributed by atoms with E-state index >= 15 is 0 Å². The molecule has 1 N–H and O–H groups in total. The Labute approximate surface area is 159 Å². The van der Waals surface area contributed by atoms with Gasteiger partial charge in [-0.25, -0.2) is 4.39 Å². The average Bonchev–Trinajstić information content (AvgIpc) is 2.70. The maximum atomic E-state index is 13.2. The minimum atomic E-state index is -0.752. The van der Waals surface area contributed by atoms with E-state index in [1.807, 2.05) is 32.2 Å². The van der Waals surface area contributed by atoms with Crippen molar-refractivity contribution in [2.75, 3.05) is 32.8 Å². The number of benzene rings is 1. The van der Waals surface area contributed by atoms with Gasteiger partial charge in [-0.1, -0.05) is 18.2 Å². The van der Waals surface area contributed by atoms with Gasteiger partial charge in [0.15, 0.2) is 0 Å². The number of carbonyl (C=O) groups excluding carboxylic acids is 1. The molecule has 3 rings (SSSR count). The van der Waals surface area contributed by atoms with Gasteiger partial charge in [0.25, 0.3) is 0 Å². The van der Waals surface area contributed by atoms with Crippen molar-refractivity contribution in [3.05, 3.63) is 65.7 Å². The number of nitrogens with zero attached hydrogens (tertiary/aromatic N) is 2.